The van der Waals surface area contributed by atoms with Crippen molar-refractivity contribution in [3.63, 3.8) is 0 Å². The third-order valence-corrected chi connectivity index (χ3v) is 6.48. The molecule has 0 bridgehead atoms. The first kappa shape index (κ1) is 24.8. The number of carbonyl (C=O) groups is 1. The van der Waals surface area contributed by atoms with E-state index in [0.717, 1.165) is 23.5 Å². The molecule has 0 aliphatic carbocycles. The number of halogens is 3. The van der Waals surface area contributed by atoms with Gasteiger partial charge < -0.3 is 14.7 Å². The molecule has 1 fully saturated rings. The number of urea groups is 1. The zero-order valence-electron chi connectivity index (χ0n) is 20.2. The number of aromatic nitrogens is 3. The zero-order valence-corrected chi connectivity index (χ0v) is 20.2. The lowest BCUT2D eigenvalue weighted by Crippen LogP contribution is -2.58. The minimum Gasteiger partial charge on any atom is -0.483 e. The van der Waals surface area contributed by atoms with Gasteiger partial charge >= 0.3 is 6.03 Å². The van der Waals surface area contributed by atoms with Crippen molar-refractivity contribution < 1.29 is 27.8 Å². The number of hydrogen-bond acceptors (Lipinski definition) is 6. The second kappa shape index (κ2) is 9.85. The molecule has 1 atom stereocenters. The summed E-state index contributed by atoms with van der Waals surface area (Å²) >= 11 is 0. The fourth-order valence-electron chi connectivity index (χ4n) is 4.66. The van der Waals surface area contributed by atoms with Crippen molar-refractivity contribution in [3.8, 4) is 17.0 Å². The quantitative estimate of drug-likeness (QED) is 0.543. The predicted molar refractivity (Wildman–Crippen MR) is 127 cm³/mol. The summed E-state index contributed by atoms with van der Waals surface area (Å²) < 4.78 is 49.4. The molecule has 4 heterocycles. The van der Waals surface area contributed by atoms with Crippen molar-refractivity contribution in [1.29, 1.82) is 0 Å². The summed E-state index contributed by atoms with van der Waals surface area (Å²) in [5.41, 5.74) is 3.01. The lowest BCUT2D eigenvalue weighted by molar-refractivity contribution is 0.0256. The van der Waals surface area contributed by atoms with E-state index in [-0.39, 0.29) is 25.4 Å². The maximum absolute atomic E-state index is 14.5. The summed E-state index contributed by atoms with van der Waals surface area (Å²) in [5.74, 6) is -2.08. The first-order valence-electron chi connectivity index (χ1n) is 11.8. The summed E-state index contributed by atoms with van der Waals surface area (Å²) in [4.78, 5) is 18.7. The third kappa shape index (κ3) is 4.76. The number of nitrogens with zero attached hydrogens (tertiary/aromatic N) is 6. The van der Waals surface area contributed by atoms with Crippen LogP contribution < -0.4 is 4.74 Å². The average molecular weight is 515 g/mol. The molecule has 12 heteroatoms. The summed E-state index contributed by atoms with van der Waals surface area (Å²) in [5, 5.41) is 18.9. The van der Waals surface area contributed by atoms with Crippen molar-refractivity contribution in [3.05, 3.63) is 64.9 Å². The molecule has 194 valence electrons. The largest absolute Gasteiger partial charge is 0.483 e. The van der Waals surface area contributed by atoms with Crippen LogP contribution in [0, 0.1) is 31.3 Å². The highest BCUT2D eigenvalue weighted by Gasteiger charge is 2.39. The number of hydrazone groups is 1. The van der Waals surface area contributed by atoms with Gasteiger partial charge in [-0.1, -0.05) is 0 Å². The molecule has 2 aliphatic rings. The highest BCUT2D eigenvalue weighted by atomic mass is 19.1. The van der Waals surface area contributed by atoms with E-state index >= 15 is 0 Å². The molecule has 2 aliphatic heterocycles. The summed E-state index contributed by atoms with van der Waals surface area (Å²) in [7, 11) is 0. The van der Waals surface area contributed by atoms with Gasteiger partial charge in [-0.2, -0.15) is 10.2 Å². The molecule has 1 saturated heterocycles. The number of aliphatic hydroxyl groups is 1. The van der Waals surface area contributed by atoms with Crippen LogP contribution in [0.1, 0.15) is 29.4 Å². The van der Waals surface area contributed by atoms with Gasteiger partial charge in [-0.15, -0.1) is 0 Å². The van der Waals surface area contributed by atoms with Crippen LogP contribution in [-0.2, 0) is 6.54 Å². The van der Waals surface area contributed by atoms with Gasteiger partial charge in [-0.25, -0.2) is 23.0 Å². The maximum atomic E-state index is 14.5. The Morgan fingerprint density at radius 1 is 1.14 bits per heavy atom. The molecule has 2 aromatic heterocycles. The molecule has 1 N–H and O–H groups in total. The minimum atomic E-state index is -0.725. The summed E-state index contributed by atoms with van der Waals surface area (Å²) in [6.07, 6.45) is 2.49. The van der Waals surface area contributed by atoms with Crippen LogP contribution >= 0.6 is 0 Å². The number of aryl methyl sites for hydroxylation is 1. The number of pyridine rings is 1. The monoisotopic (exact) mass is 514 g/mol. The molecule has 0 unspecified atom stereocenters. The van der Waals surface area contributed by atoms with E-state index in [4.69, 9.17) is 4.74 Å². The number of aliphatic hydroxyl groups excluding tert-OH is 1. The highest BCUT2D eigenvalue weighted by Crippen LogP contribution is 2.33. The second-order valence-electron chi connectivity index (χ2n) is 9.02. The summed E-state index contributed by atoms with van der Waals surface area (Å²) in [6.45, 7) is 4.31. The van der Waals surface area contributed by atoms with Crippen LogP contribution in [0.3, 0.4) is 0 Å². The number of hydrogen-bond donors (Lipinski definition) is 1. The van der Waals surface area contributed by atoms with E-state index in [1.54, 1.807) is 4.68 Å². The van der Waals surface area contributed by atoms with Crippen LogP contribution in [0.5, 0.6) is 5.75 Å². The van der Waals surface area contributed by atoms with Gasteiger partial charge in [-0.05, 0) is 31.5 Å². The minimum absolute atomic E-state index is 0.00288. The van der Waals surface area contributed by atoms with E-state index in [2.05, 4.69) is 15.2 Å². The molecule has 0 saturated carbocycles. The van der Waals surface area contributed by atoms with E-state index < -0.39 is 35.6 Å². The Kier molecular flexibility index (Phi) is 6.59. The Morgan fingerprint density at radius 2 is 1.86 bits per heavy atom. The number of ether oxygens (including phenoxy) is 1. The van der Waals surface area contributed by atoms with Gasteiger partial charge in [0.1, 0.15) is 17.7 Å². The van der Waals surface area contributed by atoms with Gasteiger partial charge in [0.2, 0.25) is 0 Å². The van der Waals surface area contributed by atoms with Crippen molar-refractivity contribution in [2.45, 2.75) is 39.0 Å². The third-order valence-electron chi connectivity index (χ3n) is 6.48. The van der Waals surface area contributed by atoms with Crippen LogP contribution in [-0.4, -0.2) is 67.8 Å². The van der Waals surface area contributed by atoms with Crippen molar-refractivity contribution in [2.24, 2.45) is 5.10 Å². The number of amides is 2. The lowest BCUT2D eigenvalue weighted by Gasteiger charge is -2.41. The molecule has 0 radical (unpaired) electrons. The normalized spacial score (nSPS) is 17.4. The molecule has 5 rings (SSSR count). The molecular weight excluding hydrogens is 489 g/mol. The lowest BCUT2D eigenvalue weighted by atomic mass is 10.0. The van der Waals surface area contributed by atoms with Crippen LogP contribution in [0.2, 0.25) is 0 Å². The van der Waals surface area contributed by atoms with Gasteiger partial charge in [0.25, 0.3) is 0 Å². The Balaban J connectivity index is 1.26. The number of likely N-dealkylation sites (tertiary alicyclic amines) is 1. The first-order chi connectivity index (χ1) is 17.7. The Bertz CT molecular complexity index is 1350. The molecular formula is C25H25F3N6O3. The van der Waals surface area contributed by atoms with E-state index in [0.29, 0.717) is 29.9 Å². The fourth-order valence-corrected chi connectivity index (χ4v) is 4.66. The predicted octanol–water partition coefficient (Wildman–Crippen LogP) is 3.59. The van der Waals surface area contributed by atoms with Crippen molar-refractivity contribution in [2.75, 3.05) is 19.7 Å². The topological polar surface area (TPSA) is 96.1 Å². The van der Waals surface area contributed by atoms with Crippen LogP contribution in [0.25, 0.3) is 11.3 Å². The molecule has 0 spiro atoms. The zero-order chi connectivity index (χ0) is 26.3. The number of carbonyl (C=O) groups excluding carboxylic acids is 1. The van der Waals surface area contributed by atoms with Gasteiger partial charge in [-0.3, -0.25) is 9.67 Å². The van der Waals surface area contributed by atoms with Gasteiger partial charge in [0.05, 0.1) is 49.9 Å². The Hall–Kier alpha value is -3.93. The van der Waals surface area contributed by atoms with Crippen LogP contribution in [0.15, 0.2) is 35.6 Å². The van der Waals surface area contributed by atoms with Crippen LogP contribution in [0.4, 0.5) is 18.0 Å². The van der Waals surface area contributed by atoms with E-state index in [1.165, 1.54) is 34.3 Å². The Morgan fingerprint density at radius 3 is 2.57 bits per heavy atom. The van der Waals surface area contributed by atoms with Crippen molar-refractivity contribution in [1.82, 2.24) is 24.7 Å². The molecule has 2 amide bonds. The maximum Gasteiger partial charge on any atom is 0.341 e. The SMILES string of the molecule is Cc1nn(CCO)c(C)c1-c1cc(OC2CN(C(=O)N3N=CC[C@H]3c3cc(F)cc(F)c3)C2)c(F)cn1. The Labute approximate surface area is 210 Å². The summed E-state index contributed by atoms with van der Waals surface area (Å²) in [6, 6.07) is 3.60. The number of benzene rings is 1. The van der Waals surface area contributed by atoms with Gasteiger partial charge in [0.15, 0.2) is 11.6 Å². The second-order valence-corrected chi connectivity index (χ2v) is 9.02. The van der Waals surface area contributed by atoms with Crippen molar-refractivity contribution >= 4 is 12.2 Å². The van der Waals surface area contributed by atoms with E-state index in [9.17, 15) is 23.1 Å². The van der Waals surface area contributed by atoms with Gasteiger partial charge in [0, 0.05) is 36.0 Å². The fraction of sp³-hybridized carbons (Fsp3) is 0.360. The average Bonchev–Trinajstić information content (AvgIpc) is 3.41. The highest BCUT2D eigenvalue weighted by molar-refractivity contribution is 5.79. The molecule has 1 aromatic carbocycles. The first-order valence-corrected chi connectivity index (χ1v) is 11.8. The molecule has 9 nitrogen and oxygen atoms in total. The molecule has 37 heavy (non-hydrogen) atoms. The number of rotatable bonds is 6. The van der Waals surface area contributed by atoms with E-state index in [1.807, 2.05) is 13.8 Å². The molecule has 3 aromatic rings. The standard InChI is InChI=1S/C25H25F3N6O3/c1-14-24(15(2)33(31-14)5-6-35)21-10-23(20(28)11-29-21)37-19-12-32(13-19)25(36)34-22(3-4-30-34)16-7-17(26)9-18(27)8-16/h4,7-11,19,22,35H,3,5-6,12-13H2,1-2H3/t22-/m0/s1. The smallest absolute Gasteiger partial charge is 0.341 e.